The third-order valence-corrected chi connectivity index (χ3v) is 5.00. The lowest BCUT2D eigenvalue weighted by atomic mass is 10.2. The van der Waals surface area contributed by atoms with E-state index < -0.39 is 10.0 Å². The van der Waals surface area contributed by atoms with Crippen LogP contribution in [0, 0.1) is 0 Å². The zero-order valence-corrected chi connectivity index (χ0v) is 14.6. The maximum atomic E-state index is 12.1. The molecule has 130 valence electrons. The van der Waals surface area contributed by atoms with E-state index in [0.717, 1.165) is 12.2 Å². The molecule has 0 saturated heterocycles. The quantitative estimate of drug-likeness (QED) is 0.745. The van der Waals surface area contributed by atoms with Crippen LogP contribution in [-0.2, 0) is 23.5 Å². The van der Waals surface area contributed by atoms with Crippen LogP contribution in [-0.4, -0.2) is 37.0 Å². The molecule has 24 heavy (non-hydrogen) atoms. The molecular formula is C16H22N4O3S. The Labute approximate surface area is 142 Å². The van der Waals surface area contributed by atoms with Gasteiger partial charge >= 0.3 is 0 Å². The van der Waals surface area contributed by atoms with E-state index in [1.54, 1.807) is 6.20 Å². The third-order valence-electron chi connectivity index (χ3n) is 3.52. The molecule has 0 fully saturated rings. The van der Waals surface area contributed by atoms with Gasteiger partial charge in [-0.3, -0.25) is 4.79 Å². The molecule has 0 aliphatic carbocycles. The number of hydrogen-bond donors (Lipinski definition) is 2. The summed E-state index contributed by atoms with van der Waals surface area (Å²) in [6, 6.07) is 5.89. The Morgan fingerprint density at radius 3 is 2.50 bits per heavy atom. The molecule has 0 unspecified atom stereocenters. The first kappa shape index (κ1) is 18.2. The number of hydrogen-bond acceptors (Lipinski definition) is 4. The van der Waals surface area contributed by atoms with Crippen molar-refractivity contribution in [1.82, 2.24) is 19.6 Å². The van der Waals surface area contributed by atoms with E-state index in [4.69, 9.17) is 0 Å². The second-order valence-electron chi connectivity index (χ2n) is 5.38. The first-order valence-electron chi connectivity index (χ1n) is 7.78. The predicted octanol–water partition coefficient (Wildman–Crippen LogP) is 1.08. The highest BCUT2D eigenvalue weighted by Gasteiger charge is 2.14. The van der Waals surface area contributed by atoms with Crippen molar-refractivity contribution in [2.75, 3.05) is 13.1 Å². The smallest absolute Gasteiger partial charge is 0.251 e. The molecule has 0 saturated carbocycles. The van der Waals surface area contributed by atoms with Crippen molar-refractivity contribution in [2.45, 2.75) is 24.7 Å². The van der Waals surface area contributed by atoms with E-state index in [9.17, 15) is 13.2 Å². The summed E-state index contributed by atoms with van der Waals surface area (Å²) in [7, 11) is -1.61. The zero-order valence-electron chi connectivity index (χ0n) is 13.8. The number of nitrogens with one attached hydrogen (secondary N) is 2. The molecule has 1 amide bonds. The lowest BCUT2D eigenvalue weighted by Crippen LogP contribution is -2.27. The molecular weight excluding hydrogens is 328 g/mol. The van der Waals surface area contributed by atoms with Crippen molar-refractivity contribution < 1.29 is 13.2 Å². The molecule has 7 nitrogen and oxygen atoms in total. The van der Waals surface area contributed by atoms with Crippen LogP contribution >= 0.6 is 0 Å². The number of imidazole rings is 1. The summed E-state index contributed by atoms with van der Waals surface area (Å²) in [5.41, 5.74) is 0.421. The Morgan fingerprint density at radius 1 is 1.21 bits per heavy atom. The molecule has 1 aromatic carbocycles. The summed E-state index contributed by atoms with van der Waals surface area (Å²) in [4.78, 5) is 16.4. The fourth-order valence-corrected chi connectivity index (χ4v) is 3.27. The number of rotatable bonds is 8. The molecule has 0 spiro atoms. The summed E-state index contributed by atoms with van der Waals surface area (Å²) in [5.74, 6) is 0.647. The summed E-state index contributed by atoms with van der Waals surface area (Å²) in [6.07, 6.45) is 4.91. The molecule has 0 radical (unpaired) electrons. The van der Waals surface area contributed by atoms with Crippen LogP contribution in [0.3, 0.4) is 0 Å². The Kier molecular flexibility index (Phi) is 6.10. The summed E-state index contributed by atoms with van der Waals surface area (Å²) >= 11 is 0. The normalized spacial score (nSPS) is 11.4. The molecule has 0 aliphatic rings. The van der Waals surface area contributed by atoms with Crippen molar-refractivity contribution in [2.24, 2.45) is 7.05 Å². The highest BCUT2D eigenvalue weighted by Crippen LogP contribution is 2.10. The first-order valence-corrected chi connectivity index (χ1v) is 9.26. The van der Waals surface area contributed by atoms with Gasteiger partial charge in [-0.1, -0.05) is 6.92 Å². The molecule has 2 N–H and O–H groups in total. The minimum Gasteiger partial charge on any atom is -0.352 e. The van der Waals surface area contributed by atoms with Crippen molar-refractivity contribution in [3.05, 3.63) is 48.0 Å². The summed E-state index contributed by atoms with van der Waals surface area (Å²) < 4.78 is 28.4. The summed E-state index contributed by atoms with van der Waals surface area (Å²) in [5, 5.41) is 2.80. The van der Waals surface area contributed by atoms with Crippen LogP contribution < -0.4 is 10.0 Å². The average molecular weight is 350 g/mol. The van der Waals surface area contributed by atoms with Crippen LogP contribution in [0.5, 0.6) is 0 Å². The van der Waals surface area contributed by atoms with Crippen molar-refractivity contribution in [1.29, 1.82) is 0 Å². The van der Waals surface area contributed by atoms with Gasteiger partial charge in [0.15, 0.2) is 0 Å². The zero-order chi connectivity index (χ0) is 17.6. The van der Waals surface area contributed by atoms with E-state index >= 15 is 0 Å². The molecule has 2 rings (SSSR count). The predicted molar refractivity (Wildman–Crippen MR) is 91.2 cm³/mol. The van der Waals surface area contributed by atoms with Gasteiger partial charge in [0, 0.05) is 44.5 Å². The largest absolute Gasteiger partial charge is 0.352 e. The fourth-order valence-electron chi connectivity index (χ4n) is 2.13. The first-order chi connectivity index (χ1) is 11.4. The molecule has 0 aliphatic heterocycles. The third kappa shape index (κ3) is 4.65. The van der Waals surface area contributed by atoms with Crippen molar-refractivity contribution >= 4 is 15.9 Å². The molecule has 2 aromatic rings. The minimum atomic E-state index is -3.51. The lowest BCUT2D eigenvalue weighted by molar-refractivity contribution is 0.0954. The van der Waals surface area contributed by atoms with Crippen LogP contribution in [0.1, 0.15) is 29.5 Å². The molecule has 1 heterocycles. The van der Waals surface area contributed by atoms with Crippen LogP contribution in [0.4, 0.5) is 0 Å². The maximum Gasteiger partial charge on any atom is 0.251 e. The van der Waals surface area contributed by atoms with Crippen molar-refractivity contribution in [3.8, 4) is 0 Å². The molecule has 1 aromatic heterocycles. The second-order valence-corrected chi connectivity index (χ2v) is 7.15. The number of sulfonamides is 1. The summed E-state index contributed by atoms with van der Waals surface area (Å²) in [6.45, 7) is 2.74. The van der Waals surface area contributed by atoms with E-state index in [1.807, 2.05) is 24.7 Å². The van der Waals surface area contributed by atoms with Gasteiger partial charge in [-0.05, 0) is 30.7 Å². The van der Waals surface area contributed by atoms with Gasteiger partial charge in [-0.2, -0.15) is 0 Å². The Bertz CT molecular complexity index is 782. The van der Waals surface area contributed by atoms with Gasteiger partial charge in [0.25, 0.3) is 5.91 Å². The molecule has 0 atom stereocenters. The van der Waals surface area contributed by atoms with E-state index in [0.29, 0.717) is 25.1 Å². The van der Waals surface area contributed by atoms with E-state index in [1.165, 1.54) is 24.3 Å². The second kappa shape index (κ2) is 8.07. The van der Waals surface area contributed by atoms with Crippen LogP contribution in [0.2, 0.25) is 0 Å². The number of amides is 1. The standard InChI is InChI=1S/C16H22N4O3S/c1-3-9-19-24(22,23)14-6-4-13(5-7-14)16(21)18-10-8-15-17-11-12-20(15)2/h4-7,11-12,19H,3,8-10H2,1-2H3,(H,18,21). The van der Waals surface area contributed by atoms with E-state index in [2.05, 4.69) is 15.0 Å². The van der Waals surface area contributed by atoms with Gasteiger partial charge in [0.2, 0.25) is 10.0 Å². The Balaban J connectivity index is 1.92. The highest BCUT2D eigenvalue weighted by atomic mass is 32.2. The van der Waals surface area contributed by atoms with Gasteiger partial charge in [-0.25, -0.2) is 18.1 Å². The highest BCUT2D eigenvalue weighted by molar-refractivity contribution is 7.89. The lowest BCUT2D eigenvalue weighted by Gasteiger charge is -2.08. The van der Waals surface area contributed by atoms with Crippen LogP contribution in [0.25, 0.3) is 0 Å². The topological polar surface area (TPSA) is 93.1 Å². The molecule has 8 heteroatoms. The number of carbonyl (C=O) groups excluding carboxylic acids is 1. The number of nitrogens with zero attached hydrogens (tertiary/aromatic N) is 2. The Morgan fingerprint density at radius 2 is 1.92 bits per heavy atom. The van der Waals surface area contributed by atoms with Crippen LogP contribution in [0.15, 0.2) is 41.6 Å². The van der Waals surface area contributed by atoms with Gasteiger partial charge in [0.05, 0.1) is 4.90 Å². The molecule has 0 bridgehead atoms. The van der Waals surface area contributed by atoms with E-state index in [-0.39, 0.29) is 10.8 Å². The number of aromatic nitrogens is 2. The maximum absolute atomic E-state index is 12.1. The monoisotopic (exact) mass is 350 g/mol. The number of benzene rings is 1. The van der Waals surface area contributed by atoms with Crippen molar-refractivity contribution in [3.63, 3.8) is 0 Å². The van der Waals surface area contributed by atoms with Gasteiger partial charge in [0.1, 0.15) is 5.82 Å². The number of aryl methyl sites for hydroxylation is 1. The minimum absolute atomic E-state index is 0.153. The SMILES string of the molecule is CCCNS(=O)(=O)c1ccc(C(=O)NCCc2nccn2C)cc1. The van der Waals surface area contributed by atoms with Gasteiger partial charge in [-0.15, -0.1) is 0 Å². The fraction of sp³-hybridized carbons (Fsp3) is 0.375. The average Bonchev–Trinajstić information content (AvgIpc) is 2.98. The number of carbonyl (C=O) groups is 1. The Hall–Kier alpha value is -2.19. The van der Waals surface area contributed by atoms with Gasteiger partial charge < -0.3 is 9.88 Å².